The number of ether oxygens (including phenoxy) is 1. The van der Waals surface area contributed by atoms with E-state index in [4.69, 9.17) is 5.26 Å². The van der Waals surface area contributed by atoms with Crippen LogP contribution in [0.25, 0.3) is 0 Å². The number of alkyl halides is 3. The lowest BCUT2D eigenvalue weighted by molar-refractivity contribution is -0.274. The maximum absolute atomic E-state index is 11.9. The molecule has 0 bridgehead atoms. The Morgan fingerprint density at radius 3 is 2.53 bits per heavy atom. The molecule has 0 aliphatic heterocycles. The van der Waals surface area contributed by atoms with Crippen molar-refractivity contribution in [1.29, 1.82) is 5.26 Å². The maximum atomic E-state index is 11.9. The topological polar surface area (TPSA) is 33.0 Å². The van der Waals surface area contributed by atoms with E-state index >= 15 is 0 Å². The van der Waals surface area contributed by atoms with E-state index in [0.717, 1.165) is 6.07 Å². The number of hydrogen-bond acceptors (Lipinski definition) is 2. The zero-order valence-electron chi connectivity index (χ0n) is 7.93. The fraction of sp³-hybridized carbons (Fsp3) is 0.300. The zero-order valence-corrected chi connectivity index (χ0v) is 7.93. The van der Waals surface area contributed by atoms with Crippen molar-refractivity contribution < 1.29 is 17.9 Å². The molecule has 1 rings (SSSR count). The normalized spacial score (nSPS) is 10.9. The van der Waals surface area contributed by atoms with Crippen LogP contribution in [0.1, 0.15) is 18.1 Å². The summed E-state index contributed by atoms with van der Waals surface area (Å²) in [6.07, 6.45) is -4.21. The van der Waals surface area contributed by atoms with Crippen LogP contribution in [-0.2, 0) is 6.42 Å². The highest BCUT2D eigenvalue weighted by Gasteiger charge is 2.31. The number of hydrogen-bond donors (Lipinski definition) is 0. The highest BCUT2D eigenvalue weighted by Crippen LogP contribution is 2.25. The van der Waals surface area contributed by atoms with Gasteiger partial charge in [0.25, 0.3) is 0 Å². The molecule has 0 aliphatic carbocycles. The second-order valence-electron chi connectivity index (χ2n) is 2.83. The number of aryl methyl sites for hydroxylation is 1. The lowest BCUT2D eigenvalue weighted by Crippen LogP contribution is -2.17. The predicted molar refractivity (Wildman–Crippen MR) is 47.2 cm³/mol. The highest BCUT2D eigenvalue weighted by molar-refractivity contribution is 5.42. The van der Waals surface area contributed by atoms with E-state index in [1.54, 1.807) is 6.92 Å². The minimum atomic E-state index is -4.70. The summed E-state index contributed by atoms with van der Waals surface area (Å²) < 4.78 is 39.4. The van der Waals surface area contributed by atoms with Gasteiger partial charge in [0.05, 0.1) is 11.6 Å². The van der Waals surface area contributed by atoms with Gasteiger partial charge in [0.2, 0.25) is 0 Å². The molecule has 1 aromatic carbocycles. The molecular formula is C10H8F3NO. The van der Waals surface area contributed by atoms with Gasteiger partial charge in [-0.2, -0.15) is 5.26 Å². The smallest absolute Gasteiger partial charge is 0.406 e. The molecule has 0 aromatic heterocycles. The van der Waals surface area contributed by atoms with Crippen LogP contribution in [0.15, 0.2) is 18.2 Å². The quantitative estimate of drug-likeness (QED) is 0.759. The molecule has 0 fully saturated rings. The molecule has 0 amide bonds. The van der Waals surface area contributed by atoms with E-state index in [-0.39, 0.29) is 5.75 Å². The number of nitrogens with zero attached hydrogens (tertiary/aromatic N) is 1. The number of rotatable bonds is 2. The first-order valence-electron chi connectivity index (χ1n) is 4.25. The Kier molecular flexibility index (Phi) is 3.20. The molecule has 80 valence electrons. The molecule has 0 unspecified atom stereocenters. The maximum Gasteiger partial charge on any atom is 0.573 e. The summed E-state index contributed by atoms with van der Waals surface area (Å²) in [5.74, 6) is -0.293. The molecule has 0 saturated heterocycles. The molecule has 0 spiro atoms. The van der Waals surface area contributed by atoms with E-state index < -0.39 is 6.36 Å². The molecule has 0 radical (unpaired) electrons. The second kappa shape index (κ2) is 4.22. The van der Waals surface area contributed by atoms with Gasteiger partial charge in [0.15, 0.2) is 0 Å². The van der Waals surface area contributed by atoms with Gasteiger partial charge in [-0.1, -0.05) is 6.92 Å². The highest BCUT2D eigenvalue weighted by atomic mass is 19.4. The fourth-order valence-electron chi connectivity index (χ4n) is 1.17. The van der Waals surface area contributed by atoms with Crippen molar-refractivity contribution >= 4 is 0 Å². The largest absolute Gasteiger partial charge is 0.573 e. The predicted octanol–water partition coefficient (Wildman–Crippen LogP) is 3.02. The minimum Gasteiger partial charge on any atom is -0.406 e. The Bertz CT molecular complexity index is 393. The van der Waals surface area contributed by atoms with Crippen LogP contribution in [0.2, 0.25) is 0 Å². The number of nitriles is 1. The van der Waals surface area contributed by atoms with E-state index in [9.17, 15) is 13.2 Å². The van der Waals surface area contributed by atoms with Crippen LogP contribution < -0.4 is 4.74 Å². The number of halogens is 3. The molecule has 0 saturated carbocycles. The van der Waals surface area contributed by atoms with Gasteiger partial charge in [-0.3, -0.25) is 0 Å². The summed E-state index contributed by atoms with van der Waals surface area (Å²) >= 11 is 0. The van der Waals surface area contributed by atoms with Gasteiger partial charge < -0.3 is 4.74 Å². The van der Waals surface area contributed by atoms with Crippen LogP contribution in [0.5, 0.6) is 5.75 Å². The van der Waals surface area contributed by atoms with Gasteiger partial charge in [0.1, 0.15) is 5.75 Å². The third kappa shape index (κ3) is 3.17. The third-order valence-electron chi connectivity index (χ3n) is 1.81. The number of benzene rings is 1. The van der Waals surface area contributed by atoms with E-state index in [0.29, 0.717) is 17.5 Å². The Hall–Kier alpha value is -1.70. The van der Waals surface area contributed by atoms with E-state index in [1.165, 1.54) is 12.1 Å². The van der Waals surface area contributed by atoms with Crippen molar-refractivity contribution in [3.05, 3.63) is 29.3 Å². The van der Waals surface area contributed by atoms with Gasteiger partial charge in [-0.25, -0.2) is 0 Å². The van der Waals surface area contributed by atoms with Gasteiger partial charge in [0, 0.05) is 0 Å². The SMILES string of the molecule is CCc1cc(OC(F)(F)F)ccc1C#N. The van der Waals surface area contributed by atoms with Crippen LogP contribution in [0.3, 0.4) is 0 Å². The average Bonchev–Trinajstić information content (AvgIpc) is 2.15. The summed E-state index contributed by atoms with van der Waals surface area (Å²) in [7, 11) is 0. The Morgan fingerprint density at radius 1 is 1.40 bits per heavy atom. The lowest BCUT2D eigenvalue weighted by atomic mass is 10.1. The molecule has 15 heavy (non-hydrogen) atoms. The summed E-state index contributed by atoms with van der Waals surface area (Å²) in [5, 5.41) is 8.66. The van der Waals surface area contributed by atoms with Crippen molar-refractivity contribution in [3.8, 4) is 11.8 Å². The van der Waals surface area contributed by atoms with E-state index in [2.05, 4.69) is 4.74 Å². The standard InChI is InChI=1S/C10H8F3NO/c1-2-7-5-9(15-10(11,12)13)4-3-8(7)6-14/h3-5H,2H2,1H3. The first-order chi connectivity index (χ1) is 6.96. The van der Waals surface area contributed by atoms with Crippen molar-refractivity contribution in [1.82, 2.24) is 0 Å². The summed E-state index contributed by atoms with van der Waals surface area (Å²) in [4.78, 5) is 0. The molecule has 0 aliphatic rings. The second-order valence-corrected chi connectivity index (χ2v) is 2.83. The summed E-state index contributed by atoms with van der Waals surface area (Å²) in [6, 6.07) is 5.58. The molecular weight excluding hydrogens is 207 g/mol. The first kappa shape index (κ1) is 11.4. The monoisotopic (exact) mass is 215 g/mol. The summed E-state index contributed by atoms with van der Waals surface area (Å²) in [5.41, 5.74) is 0.909. The van der Waals surface area contributed by atoms with Gasteiger partial charge >= 0.3 is 6.36 Å². The Morgan fingerprint density at radius 2 is 2.07 bits per heavy atom. The molecule has 5 heteroatoms. The summed E-state index contributed by atoms with van der Waals surface area (Å²) in [6.45, 7) is 1.76. The van der Waals surface area contributed by atoms with Crippen molar-refractivity contribution in [2.24, 2.45) is 0 Å². The molecule has 0 N–H and O–H groups in total. The van der Waals surface area contributed by atoms with Crippen molar-refractivity contribution in [2.45, 2.75) is 19.7 Å². The molecule has 2 nitrogen and oxygen atoms in total. The van der Waals surface area contributed by atoms with Crippen LogP contribution in [-0.4, -0.2) is 6.36 Å². The van der Waals surface area contributed by atoms with Crippen LogP contribution in [0.4, 0.5) is 13.2 Å². The fourth-order valence-corrected chi connectivity index (χ4v) is 1.17. The van der Waals surface area contributed by atoms with Crippen LogP contribution >= 0.6 is 0 Å². The van der Waals surface area contributed by atoms with Crippen LogP contribution in [0, 0.1) is 11.3 Å². The van der Waals surface area contributed by atoms with Gasteiger partial charge in [-0.05, 0) is 30.2 Å². The minimum absolute atomic E-state index is 0.293. The zero-order chi connectivity index (χ0) is 11.5. The first-order valence-corrected chi connectivity index (χ1v) is 4.25. The van der Waals surface area contributed by atoms with E-state index in [1.807, 2.05) is 6.07 Å². The van der Waals surface area contributed by atoms with Crippen molar-refractivity contribution in [2.75, 3.05) is 0 Å². The van der Waals surface area contributed by atoms with Crippen molar-refractivity contribution in [3.63, 3.8) is 0 Å². The molecule has 1 aromatic rings. The van der Waals surface area contributed by atoms with Gasteiger partial charge in [-0.15, -0.1) is 13.2 Å². The molecule has 0 atom stereocenters. The Balaban J connectivity index is 3.00. The Labute approximate surface area is 84.9 Å². The molecule has 0 heterocycles. The third-order valence-corrected chi connectivity index (χ3v) is 1.81. The lowest BCUT2D eigenvalue weighted by Gasteiger charge is -2.10. The average molecular weight is 215 g/mol.